The van der Waals surface area contributed by atoms with E-state index in [2.05, 4.69) is 5.10 Å². The van der Waals surface area contributed by atoms with Gasteiger partial charge in [-0.05, 0) is 18.6 Å². The molecule has 5 nitrogen and oxygen atoms in total. The minimum atomic E-state index is -0.320. The lowest BCUT2D eigenvalue weighted by atomic mass is 10.3. The second-order valence-corrected chi connectivity index (χ2v) is 5.04. The largest absolute Gasteiger partial charge is 0.385 e. The smallest absolute Gasteiger partial charge is 0.292 e. The Morgan fingerprint density at radius 3 is 2.71 bits per heavy atom. The molecule has 6 heteroatoms. The first-order chi connectivity index (χ1) is 10.1. The molecule has 2 aromatic rings. The predicted octanol–water partition coefficient (Wildman–Crippen LogP) is 2.36. The third-order valence-corrected chi connectivity index (χ3v) is 3.51. The highest BCUT2D eigenvalue weighted by atomic mass is 35.5. The van der Waals surface area contributed by atoms with E-state index in [0.29, 0.717) is 18.0 Å². The highest BCUT2D eigenvalue weighted by Gasteiger charge is 2.13. The summed E-state index contributed by atoms with van der Waals surface area (Å²) >= 11 is 6.21. The number of hydrogen-bond acceptors (Lipinski definition) is 4. The number of benzene rings is 1. The summed E-state index contributed by atoms with van der Waals surface area (Å²) in [6.07, 6.45) is 2.47. The van der Waals surface area contributed by atoms with Crippen molar-refractivity contribution in [2.45, 2.75) is 6.42 Å². The summed E-state index contributed by atoms with van der Waals surface area (Å²) < 4.78 is 6.32. The lowest BCUT2D eigenvalue weighted by Gasteiger charge is -2.20. The van der Waals surface area contributed by atoms with E-state index in [-0.39, 0.29) is 10.6 Å². The minimum Gasteiger partial charge on any atom is -0.385 e. The lowest BCUT2D eigenvalue weighted by molar-refractivity contribution is 0.196. The van der Waals surface area contributed by atoms with Gasteiger partial charge < -0.3 is 9.64 Å². The predicted molar refractivity (Wildman–Crippen MR) is 84.6 cm³/mol. The number of rotatable bonds is 6. The molecule has 112 valence electrons. The van der Waals surface area contributed by atoms with Crippen LogP contribution in [-0.4, -0.2) is 37.1 Å². The topological polar surface area (TPSA) is 47.4 Å². The average molecular weight is 308 g/mol. The van der Waals surface area contributed by atoms with Gasteiger partial charge in [-0.3, -0.25) is 4.79 Å². The SMILES string of the molecule is COCCCN(C)c1cnn(-c2ccccc2)c(=O)c1Cl. The summed E-state index contributed by atoms with van der Waals surface area (Å²) in [6, 6.07) is 9.21. The molecule has 0 bridgehead atoms. The zero-order valence-corrected chi connectivity index (χ0v) is 12.9. The van der Waals surface area contributed by atoms with Crippen LogP contribution in [0.4, 0.5) is 5.69 Å². The van der Waals surface area contributed by atoms with Gasteiger partial charge in [-0.1, -0.05) is 29.8 Å². The second kappa shape index (κ2) is 7.24. The van der Waals surface area contributed by atoms with Gasteiger partial charge in [-0.25, -0.2) is 0 Å². The molecule has 0 unspecified atom stereocenters. The van der Waals surface area contributed by atoms with Crippen LogP contribution in [0.15, 0.2) is 41.3 Å². The van der Waals surface area contributed by atoms with Crippen LogP contribution in [-0.2, 0) is 4.74 Å². The Balaban J connectivity index is 2.28. The molecular weight excluding hydrogens is 290 g/mol. The Bertz CT molecular complexity index is 643. The summed E-state index contributed by atoms with van der Waals surface area (Å²) in [5.41, 5.74) is 1.00. The van der Waals surface area contributed by atoms with Gasteiger partial charge in [0.2, 0.25) is 0 Å². The van der Waals surface area contributed by atoms with Crippen molar-refractivity contribution < 1.29 is 4.74 Å². The highest BCUT2D eigenvalue weighted by molar-refractivity contribution is 6.33. The molecule has 0 saturated carbocycles. The summed E-state index contributed by atoms with van der Waals surface area (Å²) in [5, 5.41) is 4.38. The summed E-state index contributed by atoms with van der Waals surface area (Å²) in [6.45, 7) is 1.40. The first-order valence-corrected chi connectivity index (χ1v) is 7.06. The van der Waals surface area contributed by atoms with Gasteiger partial charge in [0.1, 0.15) is 5.02 Å². The molecule has 0 N–H and O–H groups in total. The molecule has 2 rings (SSSR count). The van der Waals surface area contributed by atoms with E-state index in [1.165, 1.54) is 4.68 Å². The number of hydrogen-bond donors (Lipinski definition) is 0. The van der Waals surface area contributed by atoms with Crippen molar-refractivity contribution in [3.63, 3.8) is 0 Å². The molecule has 1 aromatic carbocycles. The van der Waals surface area contributed by atoms with Crippen LogP contribution in [0.25, 0.3) is 5.69 Å². The average Bonchev–Trinajstić information content (AvgIpc) is 2.51. The second-order valence-electron chi connectivity index (χ2n) is 4.66. The number of halogens is 1. The Morgan fingerprint density at radius 2 is 2.05 bits per heavy atom. The van der Waals surface area contributed by atoms with Gasteiger partial charge in [0.25, 0.3) is 5.56 Å². The first kappa shape index (κ1) is 15.5. The first-order valence-electron chi connectivity index (χ1n) is 6.68. The fraction of sp³-hybridized carbons (Fsp3) is 0.333. The Labute approximate surface area is 128 Å². The maximum Gasteiger partial charge on any atom is 0.292 e. The van der Waals surface area contributed by atoms with Crippen LogP contribution >= 0.6 is 11.6 Å². The molecule has 1 aromatic heterocycles. The van der Waals surface area contributed by atoms with E-state index in [1.54, 1.807) is 13.3 Å². The minimum absolute atomic E-state index is 0.175. The van der Waals surface area contributed by atoms with Gasteiger partial charge in [-0.15, -0.1) is 0 Å². The summed E-state index contributed by atoms with van der Waals surface area (Å²) in [5.74, 6) is 0. The molecule has 0 aliphatic carbocycles. The molecular formula is C15H18ClN3O2. The highest BCUT2D eigenvalue weighted by Crippen LogP contribution is 2.20. The fourth-order valence-corrected chi connectivity index (χ4v) is 2.28. The zero-order chi connectivity index (χ0) is 15.2. The van der Waals surface area contributed by atoms with Crippen LogP contribution in [0.5, 0.6) is 0 Å². The van der Waals surface area contributed by atoms with Crippen molar-refractivity contribution in [1.82, 2.24) is 9.78 Å². The molecule has 0 atom stereocenters. The van der Waals surface area contributed by atoms with Crippen molar-refractivity contribution in [3.05, 3.63) is 51.9 Å². The van der Waals surface area contributed by atoms with Crippen LogP contribution in [0.1, 0.15) is 6.42 Å². The van der Waals surface area contributed by atoms with Gasteiger partial charge >= 0.3 is 0 Å². The third-order valence-electron chi connectivity index (χ3n) is 3.15. The standard InChI is InChI=1S/C15H18ClN3O2/c1-18(9-6-10-21-2)13-11-17-19(15(20)14(13)16)12-7-4-3-5-8-12/h3-5,7-8,11H,6,9-10H2,1-2H3. The molecule has 21 heavy (non-hydrogen) atoms. The lowest BCUT2D eigenvalue weighted by Crippen LogP contribution is -2.27. The van der Waals surface area contributed by atoms with Crippen molar-refractivity contribution in [2.24, 2.45) is 0 Å². The van der Waals surface area contributed by atoms with Crippen LogP contribution in [0, 0.1) is 0 Å². The van der Waals surface area contributed by atoms with Crippen molar-refractivity contribution in [3.8, 4) is 5.69 Å². The van der Waals surface area contributed by atoms with E-state index >= 15 is 0 Å². The molecule has 0 saturated heterocycles. The number of para-hydroxylation sites is 1. The van der Waals surface area contributed by atoms with Crippen molar-refractivity contribution in [2.75, 3.05) is 32.2 Å². The van der Waals surface area contributed by atoms with Crippen LogP contribution < -0.4 is 10.5 Å². The number of nitrogens with zero attached hydrogens (tertiary/aromatic N) is 3. The maximum atomic E-state index is 12.3. The molecule has 0 fully saturated rings. The third kappa shape index (κ3) is 3.62. The molecule has 0 aliphatic heterocycles. The van der Waals surface area contributed by atoms with E-state index in [1.807, 2.05) is 42.3 Å². The van der Waals surface area contributed by atoms with E-state index in [4.69, 9.17) is 16.3 Å². The van der Waals surface area contributed by atoms with Gasteiger partial charge in [0.15, 0.2) is 0 Å². The number of aromatic nitrogens is 2. The van der Waals surface area contributed by atoms with Gasteiger partial charge in [0, 0.05) is 27.3 Å². The maximum absolute atomic E-state index is 12.3. The van der Waals surface area contributed by atoms with Crippen LogP contribution in [0.2, 0.25) is 5.02 Å². The van der Waals surface area contributed by atoms with Crippen molar-refractivity contribution >= 4 is 17.3 Å². The summed E-state index contributed by atoms with van der Waals surface area (Å²) in [7, 11) is 3.54. The van der Waals surface area contributed by atoms with Crippen molar-refractivity contribution in [1.29, 1.82) is 0 Å². The fourth-order valence-electron chi connectivity index (χ4n) is 2.01. The molecule has 0 spiro atoms. The Hall–Kier alpha value is -1.85. The normalized spacial score (nSPS) is 10.6. The monoisotopic (exact) mass is 307 g/mol. The number of methoxy groups -OCH3 is 1. The number of anilines is 1. The number of ether oxygens (including phenoxy) is 1. The molecule has 0 radical (unpaired) electrons. The zero-order valence-electron chi connectivity index (χ0n) is 12.1. The molecule has 0 aliphatic rings. The summed E-state index contributed by atoms with van der Waals surface area (Å²) in [4.78, 5) is 14.2. The molecule has 1 heterocycles. The molecule has 0 amide bonds. The van der Waals surface area contributed by atoms with Gasteiger partial charge in [0.05, 0.1) is 17.6 Å². The van der Waals surface area contributed by atoms with E-state index in [0.717, 1.165) is 13.0 Å². The van der Waals surface area contributed by atoms with E-state index in [9.17, 15) is 4.79 Å². The Morgan fingerprint density at radius 1 is 1.33 bits per heavy atom. The quantitative estimate of drug-likeness (QED) is 0.769. The Kier molecular flexibility index (Phi) is 5.36. The van der Waals surface area contributed by atoms with Gasteiger partial charge in [-0.2, -0.15) is 9.78 Å². The van der Waals surface area contributed by atoms with E-state index < -0.39 is 0 Å². The van der Waals surface area contributed by atoms with Crippen LogP contribution in [0.3, 0.4) is 0 Å².